The van der Waals surface area contributed by atoms with Gasteiger partial charge < -0.3 is 21.3 Å². The summed E-state index contributed by atoms with van der Waals surface area (Å²) in [4.78, 5) is 30.3. The van der Waals surface area contributed by atoms with Gasteiger partial charge in [0.1, 0.15) is 5.82 Å². The lowest BCUT2D eigenvalue weighted by Crippen LogP contribution is -2.46. The summed E-state index contributed by atoms with van der Waals surface area (Å²) in [7, 11) is 1.66. The van der Waals surface area contributed by atoms with E-state index in [1.807, 2.05) is 6.92 Å². The van der Waals surface area contributed by atoms with E-state index in [0.717, 1.165) is 44.0 Å². The van der Waals surface area contributed by atoms with E-state index < -0.39 is 11.8 Å². The summed E-state index contributed by atoms with van der Waals surface area (Å²) in [6, 6.07) is 6.09. The molecule has 0 radical (unpaired) electrons. The molecule has 2 amide bonds. The summed E-state index contributed by atoms with van der Waals surface area (Å²) in [5.74, 6) is 0.0334. The molecule has 1 fully saturated rings. The number of carbonyl (C=O) groups is 2. The highest BCUT2D eigenvalue weighted by Crippen LogP contribution is 2.20. The van der Waals surface area contributed by atoms with Crippen LogP contribution in [0.3, 0.4) is 0 Å². The molecule has 160 valence electrons. The molecule has 29 heavy (non-hydrogen) atoms. The van der Waals surface area contributed by atoms with Gasteiger partial charge in [-0.1, -0.05) is 12.1 Å². The van der Waals surface area contributed by atoms with E-state index in [-0.39, 0.29) is 18.3 Å². The molecule has 0 aromatic heterocycles. The second kappa shape index (κ2) is 11.4. The first kappa shape index (κ1) is 22.6. The molecule has 1 atom stereocenters. The summed E-state index contributed by atoms with van der Waals surface area (Å²) in [5.41, 5.74) is 6.43. The Morgan fingerprint density at radius 1 is 1.28 bits per heavy atom. The Morgan fingerprint density at radius 2 is 1.93 bits per heavy atom. The summed E-state index contributed by atoms with van der Waals surface area (Å²) < 4.78 is 13.1. The van der Waals surface area contributed by atoms with E-state index in [2.05, 4.69) is 20.5 Å². The zero-order valence-electron chi connectivity index (χ0n) is 17.3. The van der Waals surface area contributed by atoms with Crippen LogP contribution in [-0.4, -0.2) is 55.9 Å². The van der Waals surface area contributed by atoms with Crippen LogP contribution in [-0.2, 0) is 16.0 Å². The van der Waals surface area contributed by atoms with Crippen molar-refractivity contribution < 1.29 is 14.0 Å². The number of nitrogens with two attached hydrogens (primary N) is 1. The van der Waals surface area contributed by atoms with Crippen LogP contribution in [0.4, 0.5) is 4.39 Å². The van der Waals surface area contributed by atoms with E-state index in [9.17, 15) is 14.0 Å². The summed E-state index contributed by atoms with van der Waals surface area (Å²) in [6.07, 6.45) is 2.82. The number of likely N-dealkylation sites (tertiary alicyclic amines) is 1. The number of aliphatic imine (C=N–C) groups is 1. The number of nitrogens with zero attached hydrogens (tertiary/aromatic N) is 2. The smallest absolute Gasteiger partial charge is 0.222 e. The van der Waals surface area contributed by atoms with Crippen LogP contribution in [0.1, 0.15) is 31.7 Å². The van der Waals surface area contributed by atoms with Crippen molar-refractivity contribution >= 4 is 17.8 Å². The Kier molecular flexibility index (Phi) is 8.89. The van der Waals surface area contributed by atoms with Gasteiger partial charge in [-0.15, -0.1) is 0 Å². The highest BCUT2D eigenvalue weighted by Gasteiger charge is 2.24. The van der Waals surface area contributed by atoms with E-state index in [4.69, 9.17) is 5.73 Å². The van der Waals surface area contributed by atoms with Gasteiger partial charge in [0, 0.05) is 33.1 Å². The first-order valence-electron chi connectivity index (χ1n) is 10.2. The van der Waals surface area contributed by atoms with E-state index >= 15 is 0 Å². The topological polar surface area (TPSA) is 99.8 Å². The minimum Gasteiger partial charge on any atom is -0.369 e. The van der Waals surface area contributed by atoms with Crippen LogP contribution >= 0.6 is 0 Å². The highest BCUT2D eigenvalue weighted by atomic mass is 19.1. The van der Waals surface area contributed by atoms with E-state index in [1.54, 1.807) is 19.2 Å². The highest BCUT2D eigenvalue weighted by molar-refractivity contribution is 5.81. The summed E-state index contributed by atoms with van der Waals surface area (Å²) in [5, 5.41) is 5.96. The number of amides is 2. The SMILES string of the molecule is CCNC(=NCC(Cc1ccc(F)cc1)C(N)=O)N1CCC(CC(=O)NC)CC1. The predicted octanol–water partition coefficient (Wildman–Crippen LogP) is 1.28. The molecule has 1 aromatic rings. The van der Waals surface area contributed by atoms with E-state index in [0.29, 0.717) is 18.8 Å². The second-order valence-electron chi connectivity index (χ2n) is 7.43. The number of guanidine groups is 1. The zero-order chi connectivity index (χ0) is 21.2. The molecule has 7 nitrogen and oxygen atoms in total. The molecule has 4 N–H and O–H groups in total. The van der Waals surface area contributed by atoms with Gasteiger partial charge in [0.15, 0.2) is 5.96 Å². The number of piperidine rings is 1. The van der Waals surface area contributed by atoms with Gasteiger partial charge in [0.2, 0.25) is 11.8 Å². The van der Waals surface area contributed by atoms with Gasteiger partial charge in [-0.2, -0.15) is 0 Å². The number of carbonyl (C=O) groups excluding carboxylic acids is 2. The molecular formula is C21H32FN5O2. The summed E-state index contributed by atoms with van der Waals surface area (Å²) >= 11 is 0. The van der Waals surface area contributed by atoms with Crippen molar-refractivity contribution in [1.29, 1.82) is 0 Å². The normalized spacial score (nSPS) is 16.4. The zero-order valence-corrected chi connectivity index (χ0v) is 17.3. The van der Waals surface area contributed by atoms with Crippen molar-refractivity contribution in [2.24, 2.45) is 22.6 Å². The predicted molar refractivity (Wildman–Crippen MR) is 112 cm³/mol. The fraction of sp³-hybridized carbons (Fsp3) is 0.571. The Balaban J connectivity index is 1.98. The monoisotopic (exact) mass is 405 g/mol. The van der Waals surface area contributed by atoms with Crippen LogP contribution < -0.4 is 16.4 Å². The Labute approximate surface area is 171 Å². The third-order valence-electron chi connectivity index (χ3n) is 5.26. The fourth-order valence-corrected chi connectivity index (χ4v) is 3.50. The number of hydrogen-bond acceptors (Lipinski definition) is 3. The maximum absolute atomic E-state index is 13.1. The number of primary amides is 1. The minimum absolute atomic E-state index is 0.0779. The lowest BCUT2D eigenvalue weighted by Gasteiger charge is -2.34. The molecule has 2 rings (SSSR count). The number of nitrogens with one attached hydrogen (secondary N) is 2. The standard InChI is InChI=1S/C21H32FN5O2/c1-3-25-21(27-10-8-16(9-11-27)13-19(28)24-2)26-14-17(20(23)29)12-15-4-6-18(22)7-5-15/h4-7,16-17H,3,8-14H2,1-2H3,(H2,23,29)(H,24,28)(H,25,26). The second-order valence-corrected chi connectivity index (χ2v) is 7.43. The molecule has 0 saturated carbocycles. The molecule has 0 aliphatic carbocycles. The minimum atomic E-state index is -0.458. The molecule has 1 aliphatic heterocycles. The lowest BCUT2D eigenvalue weighted by molar-refractivity contribution is -0.122. The third-order valence-corrected chi connectivity index (χ3v) is 5.26. The van der Waals surface area contributed by atoms with Crippen molar-refractivity contribution in [1.82, 2.24) is 15.5 Å². The van der Waals surface area contributed by atoms with Gasteiger partial charge in [-0.25, -0.2) is 4.39 Å². The Morgan fingerprint density at radius 3 is 2.48 bits per heavy atom. The van der Waals surface area contributed by atoms with Crippen LogP contribution in [0.2, 0.25) is 0 Å². The van der Waals surface area contributed by atoms with Crippen molar-refractivity contribution in [3.05, 3.63) is 35.6 Å². The fourth-order valence-electron chi connectivity index (χ4n) is 3.50. The van der Waals surface area contributed by atoms with E-state index in [1.165, 1.54) is 12.1 Å². The maximum atomic E-state index is 13.1. The summed E-state index contributed by atoms with van der Waals surface area (Å²) in [6.45, 7) is 4.61. The first-order valence-corrected chi connectivity index (χ1v) is 10.2. The molecular weight excluding hydrogens is 373 g/mol. The van der Waals surface area contributed by atoms with Gasteiger partial charge in [-0.05, 0) is 49.8 Å². The molecule has 0 bridgehead atoms. The third kappa shape index (κ3) is 7.36. The Bertz CT molecular complexity index is 700. The van der Waals surface area contributed by atoms with Crippen molar-refractivity contribution in [2.45, 2.75) is 32.6 Å². The molecule has 1 saturated heterocycles. The number of hydrogen-bond donors (Lipinski definition) is 3. The van der Waals surface area contributed by atoms with Gasteiger partial charge in [-0.3, -0.25) is 14.6 Å². The van der Waals surface area contributed by atoms with Crippen LogP contribution in [0.5, 0.6) is 0 Å². The molecule has 8 heteroatoms. The van der Waals surface area contributed by atoms with Crippen LogP contribution in [0.15, 0.2) is 29.3 Å². The van der Waals surface area contributed by atoms with Crippen molar-refractivity contribution in [3.8, 4) is 0 Å². The molecule has 1 aliphatic rings. The Hall–Kier alpha value is -2.64. The quantitative estimate of drug-likeness (QED) is 0.448. The maximum Gasteiger partial charge on any atom is 0.222 e. The van der Waals surface area contributed by atoms with Crippen LogP contribution in [0.25, 0.3) is 0 Å². The molecule has 1 heterocycles. The van der Waals surface area contributed by atoms with Gasteiger partial charge in [0.05, 0.1) is 12.5 Å². The number of rotatable bonds is 8. The number of benzene rings is 1. The molecule has 1 aromatic carbocycles. The average Bonchev–Trinajstić information content (AvgIpc) is 2.71. The number of halogens is 1. The van der Waals surface area contributed by atoms with Crippen molar-refractivity contribution in [3.63, 3.8) is 0 Å². The molecule has 1 unspecified atom stereocenters. The van der Waals surface area contributed by atoms with Gasteiger partial charge >= 0.3 is 0 Å². The average molecular weight is 406 g/mol. The van der Waals surface area contributed by atoms with Crippen LogP contribution in [0, 0.1) is 17.7 Å². The van der Waals surface area contributed by atoms with Crippen molar-refractivity contribution in [2.75, 3.05) is 33.2 Å². The van der Waals surface area contributed by atoms with Gasteiger partial charge in [0.25, 0.3) is 0 Å². The molecule has 0 spiro atoms. The lowest BCUT2D eigenvalue weighted by atomic mass is 9.93. The largest absolute Gasteiger partial charge is 0.369 e. The first-order chi connectivity index (χ1) is 13.9.